The van der Waals surface area contributed by atoms with Crippen molar-refractivity contribution in [2.24, 2.45) is 5.92 Å². The highest BCUT2D eigenvalue weighted by molar-refractivity contribution is 7.98. The van der Waals surface area contributed by atoms with Gasteiger partial charge in [0.2, 0.25) is 0 Å². The Labute approximate surface area is 142 Å². The molecular formula is C19H24N2OS. The van der Waals surface area contributed by atoms with Gasteiger partial charge in [-0.1, -0.05) is 38.1 Å². The summed E-state index contributed by atoms with van der Waals surface area (Å²) in [6.07, 6.45) is 4.71. The molecule has 0 bridgehead atoms. The lowest BCUT2D eigenvalue weighted by atomic mass is 10.00. The molecule has 0 spiro atoms. The molecule has 0 aliphatic heterocycles. The molecule has 0 unspecified atom stereocenters. The van der Waals surface area contributed by atoms with Crippen LogP contribution in [0.3, 0.4) is 0 Å². The van der Waals surface area contributed by atoms with Crippen molar-refractivity contribution in [3.8, 4) is 0 Å². The Bertz CT molecular complexity index is 653. The topological polar surface area (TPSA) is 42.0 Å². The summed E-state index contributed by atoms with van der Waals surface area (Å²) in [5, 5.41) is 3.81. The van der Waals surface area contributed by atoms with E-state index >= 15 is 0 Å². The highest BCUT2D eigenvalue weighted by Gasteiger charge is 2.15. The van der Waals surface area contributed by atoms with Crippen molar-refractivity contribution in [2.45, 2.75) is 38.3 Å². The van der Waals surface area contributed by atoms with Crippen molar-refractivity contribution in [1.29, 1.82) is 0 Å². The highest BCUT2D eigenvalue weighted by atomic mass is 32.2. The SMILES string of the molecule is CSc1ncccc1C(=O)N[C@@H](C)c1ccc(CC(C)C)cc1. The minimum absolute atomic E-state index is 0.0366. The Balaban J connectivity index is 2.06. The van der Waals surface area contributed by atoms with Gasteiger partial charge in [-0.05, 0) is 48.8 Å². The number of pyridine rings is 1. The van der Waals surface area contributed by atoms with Crippen LogP contribution >= 0.6 is 11.8 Å². The fourth-order valence-corrected chi connectivity index (χ4v) is 3.04. The molecule has 1 amide bonds. The lowest BCUT2D eigenvalue weighted by Gasteiger charge is -2.16. The van der Waals surface area contributed by atoms with E-state index in [1.165, 1.54) is 17.3 Å². The van der Waals surface area contributed by atoms with Gasteiger partial charge in [-0.2, -0.15) is 0 Å². The number of aromatic nitrogens is 1. The molecule has 0 saturated heterocycles. The predicted molar refractivity (Wildman–Crippen MR) is 96.9 cm³/mol. The van der Waals surface area contributed by atoms with Crippen LogP contribution < -0.4 is 5.32 Å². The number of amides is 1. The molecular weight excluding hydrogens is 304 g/mol. The molecule has 1 N–H and O–H groups in total. The summed E-state index contributed by atoms with van der Waals surface area (Å²) in [5.41, 5.74) is 3.07. The van der Waals surface area contributed by atoms with E-state index in [1.54, 1.807) is 12.3 Å². The summed E-state index contributed by atoms with van der Waals surface area (Å²) < 4.78 is 0. The van der Waals surface area contributed by atoms with Crippen molar-refractivity contribution in [2.75, 3.05) is 6.26 Å². The summed E-state index contributed by atoms with van der Waals surface area (Å²) in [6.45, 7) is 6.44. The third-order valence-corrected chi connectivity index (χ3v) is 4.39. The van der Waals surface area contributed by atoms with Crippen LogP contribution in [0.15, 0.2) is 47.6 Å². The minimum Gasteiger partial charge on any atom is -0.345 e. The fourth-order valence-electron chi connectivity index (χ4n) is 2.50. The maximum Gasteiger partial charge on any atom is 0.254 e. The number of nitrogens with zero attached hydrogens (tertiary/aromatic N) is 1. The monoisotopic (exact) mass is 328 g/mol. The summed E-state index contributed by atoms with van der Waals surface area (Å²) >= 11 is 1.48. The van der Waals surface area contributed by atoms with Gasteiger partial charge in [0.05, 0.1) is 11.6 Å². The van der Waals surface area contributed by atoms with Crippen LogP contribution in [0.2, 0.25) is 0 Å². The molecule has 2 aromatic rings. The molecule has 4 heteroatoms. The highest BCUT2D eigenvalue weighted by Crippen LogP contribution is 2.19. The third kappa shape index (κ3) is 4.83. The lowest BCUT2D eigenvalue weighted by molar-refractivity contribution is 0.0936. The quantitative estimate of drug-likeness (QED) is 0.794. The van der Waals surface area contributed by atoms with Gasteiger partial charge in [-0.3, -0.25) is 4.79 Å². The number of nitrogens with one attached hydrogen (secondary N) is 1. The van der Waals surface area contributed by atoms with Crippen LogP contribution in [-0.2, 0) is 6.42 Å². The van der Waals surface area contributed by atoms with E-state index in [2.05, 4.69) is 48.4 Å². The molecule has 1 aromatic carbocycles. The molecule has 0 saturated carbocycles. The molecule has 0 fully saturated rings. The Kier molecular flexibility index (Phi) is 6.22. The Morgan fingerprint density at radius 1 is 1.17 bits per heavy atom. The first-order valence-electron chi connectivity index (χ1n) is 7.90. The van der Waals surface area contributed by atoms with E-state index in [4.69, 9.17) is 0 Å². The van der Waals surface area contributed by atoms with E-state index in [9.17, 15) is 4.79 Å². The van der Waals surface area contributed by atoms with Gasteiger partial charge < -0.3 is 5.32 Å². The molecule has 1 atom stereocenters. The van der Waals surface area contributed by atoms with Gasteiger partial charge in [0.1, 0.15) is 5.03 Å². The van der Waals surface area contributed by atoms with E-state index in [0.717, 1.165) is 17.0 Å². The van der Waals surface area contributed by atoms with Gasteiger partial charge in [-0.25, -0.2) is 4.98 Å². The van der Waals surface area contributed by atoms with Crippen LogP contribution in [0, 0.1) is 5.92 Å². The molecule has 2 rings (SSSR count). The van der Waals surface area contributed by atoms with Gasteiger partial charge in [0.15, 0.2) is 0 Å². The van der Waals surface area contributed by atoms with E-state index in [-0.39, 0.29) is 11.9 Å². The van der Waals surface area contributed by atoms with Crippen LogP contribution in [0.5, 0.6) is 0 Å². The van der Waals surface area contributed by atoms with Crippen molar-refractivity contribution in [3.05, 3.63) is 59.3 Å². The number of thioether (sulfide) groups is 1. The van der Waals surface area contributed by atoms with Crippen LogP contribution in [-0.4, -0.2) is 17.1 Å². The Morgan fingerprint density at radius 2 is 1.87 bits per heavy atom. The normalized spacial score (nSPS) is 12.2. The molecule has 0 aliphatic carbocycles. The number of hydrogen-bond donors (Lipinski definition) is 1. The van der Waals surface area contributed by atoms with Gasteiger partial charge >= 0.3 is 0 Å². The van der Waals surface area contributed by atoms with Gasteiger partial charge in [0, 0.05) is 6.20 Å². The van der Waals surface area contributed by atoms with E-state index in [1.807, 2.05) is 19.2 Å². The maximum atomic E-state index is 12.5. The molecule has 1 heterocycles. The fraction of sp³-hybridized carbons (Fsp3) is 0.368. The van der Waals surface area contributed by atoms with Crippen molar-refractivity contribution >= 4 is 17.7 Å². The van der Waals surface area contributed by atoms with Gasteiger partial charge in [0.25, 0.3) is 5.91 Å². The van der Waals surface area contributed by atoms with Crippen molar-refractivity contribution < 1.29 is 4.79 Å². The molecule has 0 radical (unpaired) electrons. The summed E-state index contributed by atoms with van der Waals surface area (Å²) in [7, 11) is 0. The summed E-state index contributed by atoms with van der Waals surface area (Å²) in [6, 6.07) is 12.1. The van der Waals surface area contributed by atoms with Crippen LogP contribution in [0.25, 0.3) is 0 Å². The number of carbonyl (C=O) groups is 1. The minimum atomic E-state index is -0.0822. The largest absolute Gasteiger partial charge is 0.345 e. The van der Waals surface area contributed by atoms with Gasteiger partial charge in [-0.15, -0.1) is 11.8 Å². The molecule has 0 aliphatic rings. The average Bonchev–Trinajstić information content (AvgIpc) is 2.54. The molecule has 122 valence electrons. The zero-order valence-corrected chi connectivity index (χ0v) is 15.0. The summed E-state index contributed by atoms with van der Waals surface area (Å²) in [4.78, 5) is 16.7. The zero-order chi connectivity index (χ0) is 16.8. The summed E-state index contributed by atoms with van der Waals surface area (Å²) in [5.74, 6) is 0.565. The standard InChI is InChI=1S/C19H24N2OS/c1-13(2)12-15-7-9-16(10-8-15)14(3)21-18(22)17-6-5-11-20-19(17)23-4/h5-11,13-14H,12H2,1-4H3,(H,21,22)/t14-/m0/s1. The molecule has 23 heavy (non-hydrogen) atoms. The third-order valence-electron chi connectivity index (χ3n) is 3.68. The first-order valence-corrected chi connectivity index (χ1v) is 9.12. The number of rotatable bonds is 6. The second-order valence-electron chi connectivity index (χ2n) is 6.09. The predicted octanol–water partition coefficient (Wildman–Crippen LogP) is 4.49. The first kappa shape index (κ1) is 17.5. The van der Waals surface area contributed by atoms with E-state index < -0.39 is 0 Å². The van der Waals surface area contributed by atoms with Crippen molar-refractivity contribution in [1.82, 2.24) is 10.3 Å². The number of carbonyl (C=O) groups excluding carboxylic acids is 1. The molecule has 1 aromatic heterocycles. The van der Waals surface area contributed by atoms with Crippen molar-refractivity contribution in [3.63, 3.8) is 0 Å². The number of hydrogen-bond acceptors (Lipinski definition) is 3. The zero-order valence-electron chi connectivity index (χ0n) is 14.2. The maximum absolute atomic E-state index is 12.5. The van der Waals surface area contributed by atoms with E-state index in [0.29, 0.717) is 11.5 Å². The smallest absolute Gasteiger partial charge is 0.254 e. The van der Waals surface area contributed by atoms with Crippen LogP contribution in [0.1, 0.15) is 48.3 Å². The lowest BCUT2D eigenvalue weighted by Crippen LogP contribution is -2.27. The molecule has 3 nitrogen and oxygen atoms in total. The Hall–Kier alpha value is -1.81. The van der Waals surface area contributed by atoms with Crippen LogP contribution in [0.4, 0.5) is 0 Å². The second-order valence-corrected chi connectivity index (χ2v) is 6.89. The Morgan fingerprint density at radius 3 is 2.48 bits per heavy atom. The average molecular weight is 328 g/mol. The second kappa shape index (κ2) is 8.16. The first-order chi connectivity index (χ1) is 11.0. The number of benzene rings is 1.